The molecule has 0 aromatic carbocycles. The molecule has 1 aromatic rings. The van der Waals surface area contributed by atoms with Crippen molar-refractivity contribution >= 4 is 0 Å². The maximum atomic E-state index is 11.3. The fraction of sp³-hybridized carbons (Fsp3) is 0.615. The second kappa shape index (κ2) is 5.32. The zero-order valence-electron chi connectivity index (χ0n) is 10.8. The lowest BCUT2D eigenvalue weighted by Crippen LogP contribution is -2.62. The lowest BCUT2D eigenvalue weighted by molar-refractivity contribution is 0.0182. The smallest absolute Gasteiger partial charge is 0.226 e. The quantitative estimate of drug-likeness (QED) is 0.763. The summed E-state index contributed by atoms with van der Waals surface area (Å²) in [5, 5.41) is 12.5. The molecule has 3 heterocycles. The van der Waals surface area contributed by atoms with E-state index < -0.39 is 0 Å². The van der Waals surface area contributed by atoms with Gasteiger partial charge in [0.1, 0.15) is 12.0 Å². The molecule has 0 bridgehead atoms. The third-order valence-corrected chi connectivity index (χ3v) is 3.85. The van der Waals surface area contributed by atoms with Crippen molar-refractivity contribution in [2.24, 2.45) is 0 Å². The number of hydrogen-bond acceptors (Lipinski definition) is 6. The minimum absolute atomic E-state index is 0.328. The third-order valence-electron chi connectivity index (χ3n) is 3.85. The van der Waals surface area contributed by atoms with Gasteiger partial charge in [-0.1, -0.05) is 0 Å². The summed E-state index contributed by atoms with van der Waals surface area (Å²) in [7, 11) is 0. The Hall–Kier alpha value is -1.37. The van der Waals surface area contributed by atoms with Crippen molar-refractivity contribution in [1.29, 1.82) is 0 Å². The van der Waals surface area contributed by atoms with E-state index >= 15 is 0 Å². The van der Waals surface area contributed by atoms with Crippen molar-refractivity contribution in [2.75, 3.05) is 39.3 Å². The second-order valence-electron chi connectivity index (χ2n) is 5.23. The Labute approximate surface area is 111 Å². The molecule has 6 nitrogen and oxygen atoms in total. The lowest BCUT2D eigenvalue weighted by Gasteiger charge is -2.46. The highest BCUT2D eigenvalue weighted by Gasteiger charge is 2.32. The molecular weight excluding hydrogens is 246 g/mol. The number of nitrogens with one attached hydrogen (secondary N) is 1. The van der Waals surface area contributed by atoms with Crippen LogP contribution in [-0.2, 0) is 6.54 Å². The summed E-state index contributed by atoms with van der Waals surface area (Å²) in [4.78, 5) is 16.1. The van der Waals surface area contributed by atoms with Crippen LogP contribution in [-0.4, -0.2) is 60.2 Å². The predicted octanol–water partition coefficient (Wildman–Crippen LogP) is -0.565. The summed E-state index contributed by atoms with van der Waals surface area (Å²) < 4.78 is 5.21. The fourth-order valence-electron chi connectivity index (χ4n) is 2.70. The first-order valence-corrected chi connectivity index (χ1v) is 6.70. The Morgan fingerprint density at radius 2 is 2.11 bits per heavy atom. The van der Waals surface area contributed by atoms with Crippen LogP contribution < -0.4 is 10.7 Å². The van der Waals surface area contributed by atoms with Gasteiger partial charge in [0, 0.05) is 51.4 Å². The average molecular weight is 265 g/mol. The van der Waals surface area contributed by atoms with Crippen molar-refractivity contribution in [3.63, 3.8) is 0 Å². The molecule has 19 heavy (non-hydrogen) atoms. The molecule has 0 amide bonds. The number of nitrogens with zero attached hydrogens (tertiary/aromatic N) is 2. The first kappa shape index (κ1) is 12.7. The normalized spacial score (nSPS) is 22.3. The molecule has 6 heteroatoms. The van der Waals surface area contributed by atoms with Crippen LogP contribution in [0, 0.1) is 0 Å². The predicted molar refractivity (Wildman–Crippen MR) is 70.2 cm³/mol. The zero-order valence-corrected chi connectivity index (χ0v) is 10.8. The van der Waals surface area contributed by atoms with Gasteiger partial charge in [0.2, 0.25) is 5.43 Å². The maximum Gasteiger partial charge on any atom is 0.226 e. The van der Waals surface area contributed by atoms with Gasteiger partial charge in [-0.2, -0.15) is 0 Å². The van der Waals surface area contributed by atoms with E-state index in [0.717, 1.165) is 45.5 Å². The minimum Gasteiger partial charge on any atom is -0.502 e. The third kappa shape index (κ3) is 2.80. The molecule has 0 aliphatic carbocycles. The largest absolute Gasteiger partial charge is 0.502 e. The van der Waals surface area contributed by atoms with Crippen LogP contribution in [0.25, 0.3) is 0 Å². The van der Waals surface area contributed by atoms with E-state index in [9.17, 15) is 4.79 Å². The summed E-state index contributed by atoms with van der Waals surface area (Å²) in [6, 6.07) is 2.00. The molecular formula is C13H19N3O3. The number of likely N-dealkylation sites (tertiary alicyclic amines) is 1. The van der Waals surface area contributed by atoms with Gasteiger partial charge in [-0.05, 0) is 0 Å². The number of aromatic hydroxyl groups is 1. The minimum atomic E-state index is -0.375. The van der Waals surface area contributed by atoms with E-state index in [1.54, 1.807) is 0 Å². The van der Waals surface area contributed by atoms with Gasteiger partial charge in [-0.3, -0.25) is 14.6 Å². The van der Waals surface area contributed by atoms with Crippen LogP contribution in [0.5, 0.6) is 5.75 Å². The van der Waals surface area contributed by atoms with E-state index in [2.05, 4.69) is 15.1 Å². The highest BCUT2D eigenvalue weighted by molar-refractivity contribution is 5.15. The van der Waals surface area contributed by atoms with Gasteiger partial charge < -0.3 is 14.8 Å². The summed E-state index contributed by atoms with van der Waals surface area (Å²) >= 11 is 0. The molecule has 0 radical (unpaired) electrons. The number of piperazine rings is 1. The number of hydrogen-bond donors (Lipinski definition) is 2. The SMILES string of the molecule is O=c1cc(CN2CC(N3CCNCC3)C2)occ1O. The molecule has 2 aliphatic rings. The Kier molecular flexibility index (Phi) is 3.54. The van der Waals surface area contributed by atoms with E-state index in [4.69, 9.17) is 9.52 Å². The Balaban J connectivity index is 1.50. The average Bonchev–Trinajstić information content (AvgIpc) is 2.38. The van der Waals surface area contributed by atoms with E-state index in [1.807, 2.05) is 0 Å². The summed E-state index contributed by atoms with van der Waals surface area (Å²) in [6.45, 7) is 7.06. The maximum absolute atomic E-state index is 11.3. The van der Waals surface area contributed by atoms with Crippen molar-refractivity contribution < 1.29 is 9.52 Å². The topological polar surface area (TPSA) is 69.0 Å². The van der Waals surface area contributed by atoms with E-state index in [0.29, 0.717) is 18.3 Å². The van der Waals surface area contributed by atoms with Gasteiger partial charge in [-0.15, -0.1) is 0 Å². The van der Waals surface area contributed by atoms with Crippen molar-refractivity contribution in [1.82, 2.24) is 15.1 Å². The van der Waals surface area contributed by atoms with Crippen LogP contribution in [0.3, 0.4) is 0 Å². The molecule has 3 rings (SSSR count). The van der Waals surface area contributed by atoms with E-state index in [1.165, 1.54) is 6.07 Å². The van der Waals surface area contributed by atoms with Gasteiger partial charge in [0.25, 0.3) is 0 Å². The first-order valence-electron chi connectivity index (χ1n) is 6.70. The summed E-state index contributed by atoms with van der Waals surface area (Å²) in [5.74, 6) is 0.285. The Morgan fingerprint density at radius 3 is 2.79 bits per heavy atom. The molecule has 1 aromatic heterocycles. The highest BCUT2D eigenvalue weighted by Crippen LogP contribution is 2.18. The lowest BCUT2D eigenvalue weighted by atomic mass is 10.1. The fourth-order valence-corrected chi connectivity index (χ4v) is 2.70. The monoisotopic (exact) mass is 265 g/mol. The molecule has 104 valence electrons. The zero-order chi connectivity index (χ0) is 13.2. The van der Waals surface area contributed by atoms with Crippen molar-refractivity contribution in [3.8, 4) is 5.75 Å². The van der Waals surface area contributed by atoms with E-state index in [-0.39, 0.29) is 11.2 Å². The molecule has 0 atom stereocenters. The summed E-state index contributed by atoms with van der Waals surface area (Å²) in [6.07, 6.45) is 1.12. The molecule has 2 fully saturated rings. The Bertz CT molecular complexity index is 490. The molecule has 0 spiro atoms. The van der Waals surface area contributed by atoms with Gasteiger partial charge in [-0.25, -0.2) is 0 Å². The summed E-state index contributed by atoms with van der Waals surface area (Å²) in [5.41, 5.74) is -0.375. The van der Waals surface area contributed by atoms with Gasteiger partial charge in [0.05, 0.1) is 6.54 Å². The van der Waals surface area contributed by atoms with Crippen molar-refractivity contribution in [3.05, 3.63) is 28.3 Å². The van der Waals surface area contributed by atoms with Crippen LogP contribution in [0.1, 0.15) is 5.76 Å². The molecule has 0 unspecified atom stereocenters. The van der Waals surface area contributed by atoms with Crippen LogP contribution in [0.2, 0.25) is 0 Å². The molecule has 0 saturated carbocycles. The van der Waals surface area contributed by atoms with Crippen LogP contribution in [0.4, 0.5) is 0 Å². The van der Waals surface area contributed by atoms with Crippen LogP contribution in [0.15, 0.2) is 21.5 Å². The van der Waals surface area contributed by atoms with Gasteiger partial charge in [0.15, 0.2) is 5.75 Å². The Morgan fingerprint density at radius 1 is 1.37 bits per heavy atom. The standard InChI is InChI=1S/C13H19N3O3/c17-12-5-11(19-9-13(12)18)8-15-6-10(7-15)16-3-1-14-2-4-16/h5,9-10,14,18H,1-4,6-8H2. The second-order valence-corrected chi connectivity index (χ2v) is 5.23. The van der Waals surface area contributed by atoms with Gasteiger partial charge >= 0.3 is 0 Å². The molecule has 2 saturated heterocycles. The highest BCUT2D eigenvalue weighted by atomic mass is 16.4. The number of rotatable bonds is 3. The molecule has 2 aliphatic heterocycles. The first-order chi connectivity index (χ1) is 9.22. The molecule has 2 N–H and O–H groups in total. The van der Waals surface area contributed by atoms with Crippen molar-refractivity contribution in [2.45, 2.75) is 12.6 Å². The van der Waals surface area contributed by atoms with Crippen LogP contribution >= 0.6 is 0 Å².